The molecule has 0 aliphatic carbocycles. The zero-order valence-corrected chi connectivity index (χ0v) is 11.3. The van der Waals surface area contributed by atoms with Crippen molar-refractivity contribution in [1.82, 2.24) is 4.90 Å². The number of likely N-dealkylation sites (N-methyl/N-ethyl adjacent to an activating group) is 1. The second-order valence-corrected chi connectivity index (χ2v) is 4.11. The van der Waals surface area contributed by atoms with Gasteiger partial charge in [-0.25, -0.2) is 0 Å². The maximum atomic E-state index is 11.7. The highest BCUT2D eigenvalue weighted by molar-refractivity contribution is 5.75. The Morgan fingerprint density at radius 1 is 1.41 bits per heavy atom. The largest absolute Gasteiger partial charge is 0.465 e. The van der Waals surface area contributed by atoms with Crippen LogP contribution in [0.15, 0.2) is 0 Å². The second-order valence-electron chi connectivity index (χ2n) is 4.11. The Morgan fingerprint density at radius 2 is 2.06 bits per heavy atom. The summed E-state index contributed by atoms with van der Waals surface area (Å²) in [6, 6.07) is -0.286. The topological polar surface area (TPSA) is 59.0 Å². The number of esters is 1. The first-order chi connectivity index (χ1) is 8.06. The highest BCUT2D eigenvalue weighted by atomic mass is 16.5. The first-order valence-corrected chi connectivity index (χ1v) is 6.10. The third-order valence-corrected chi connectivity index (χ3v) is 2.51. The zero-order valence-electron chi connectivity index (χ0n) is 11.3. The van der Waals surface area contributed by atoms with Gasteiger partial charge in [0.05, 0.1) is 19.3 Å². The molecule has 17 heavy (non-hydrogen) atoms. The van der Waals surface area contributed by atoms with Crippen LogP contribution in [0.4, 0.5) is 0 Å². The summed E-state index contributed by atoms with van der Waals surface area (Å²) in [4.78, 5) is 13.6. The molecule has 0 amide bonds. The van der Waals surface area contributed by atoms with Crippen molar-refractivity contribution >= 4 is 5.97 Å². The van der Waals surface area contributed by atoms with E-state index in [0.29, 0.717) is 13.2 Å². The Kier molecular flexibility index (Phi) is 9.03. The molecule has 0 aromatic heterocycles. The molecule has 0 aromatic rings. The molecule has 102 valence electrons. The van der Waals surface area contributed by atoms with E-state index in [9.17, 15) is 9.90 Å². The number of hydrogen-bond acceptors (Lipinski definition) is 5. The molecule has 0 rings (SSSR count). The Balaban J connectivity index is 4.31. The average Bonchev–Trinajstić information content (AvgIpc) is 2.26. The van der Waals surface area contributed by atoms with Crippen molar-refractivity contribution in [2.45, 2.75) is 38.8 Å². The van der Waals surface area contributed by atoms with Crippen LogP contribution >= 0.6 is 0 Å². The lowest BCUT2D eigenvalue weighted by atomic mass is 10.1. The summed E-state index contributed by atoms with van der Waals surface area (Å²) < 4.78 is 9.89. The van der Waals surface area contributed by atoms with E-state index in [1.165, 1.54) is 7.11 Å². The van der Waals surface area contributed by atoms with E-state index < -0.39 is 6.10 Å². The molecule has 0 radical (unpaired) electrons. The molecule has 5 nitrogen and oxygen atoms in total. The maximum Gasteiger partial charge on any atom is 0.323 e. The molecule has 0 aromatic carbocycles. The van der Waals surface area contributed by atoms with Crippen LogP contribution in [0.1, 0.15) is 26.7 Å². The minimum absolute atomic E-state index is 0.221. The normalized spacial score (nSPS) is 14.7. The van der Waals surface area contributed by atoms with Gasteiger partial charge in [0.1, 0.15) is 6.04 Å². The van der Waals surface area contributed by atoms with Gasteiger partial charge in [0.25, 0.3) is 0 Å². The fraction of sp³-hybridized carbons (Fsp3) is 0.917. The predicted molar refractivity (Wildman–Crippen MR) is 65.8 cm³/mol. The van der Waals surface area contributed by atoms with Gasteiger partial charge in [-0.05, 0) is 20.4 Å². The zero-order chi connectivity index (χ0) is 13.3. The van der Waals surface area contributed by atoms with Crippen LogP contribution in [0.5, 0.6) is 0 Å². The number of nitrogens with zero attached hydrogens (tertiary/aromatic N) is 1. The fourth-order valence-electron chi connectivity index (χ4n) is 1.73. The molecule has 2 atom stereocenters. The highest BCUT2D eigenvalue weighted by Gasteiger charge is 2.24. The van der Waals surface area contributed by atoms with E-state index in [-0.39, 0.29) is 18.6 Å². The maximum absolute atomic E-state index is 11.7. The van der Waals surface area contributed by atoms with Gasteiger partial charge in [-0.15, -0.1) is 0 Å². The molecule has 0 saturated carbocycles. The molecule has 5 heteroatoms. The second kappa shape index (κ2) is 9.39. The summed E-state index contributed by atoms with van der Waals surface area (Å²) in [5, 5.41) is 9.63. The number of hydrogen-bond donors (Lipinski definition) is 1. The predicted octanol–water partition coefficient (Wildman–Crippen LogP) is 0.657. The summed E-state index contributed by atoms with van der Waals surface area (Å²) in [5.74, 6) is -0.221. The molecule has 0 aliphatic heterocycles. The molecule has 0 fully saturated rings. The lowest BCUT2D eigenvalue weighted by Crippen LogP contribution is -2.44. The number of methoxy groups -OCH3 is 1. The standard InChI is InChI=1S/C12H25NO4/c1-5-7-11(12(15)17-6-2)13(3)8-10(14)9-16-4/h10-11,14H,5-9H2,1-4H3. The first kappa shape index (κ1) is 16.4. The van der Waals surface area contributed by atoms with Crippen molar-refractivity contribution in [3.05, 3.63) is 0 Å². The molecule has 0 aliphatic rings. The summed E-state index contributed by atoms with van der Waals surface area (Å²) in [6.45, 7) is 4.86. The van der Waals surface area contributed by atoms with Gasteiger partial charge in [-0.3, -0.25) is 9.69 Å². The monoisotopic (exact) mass is 247 g/mol. The van der Waals surface area contributed by atoms with E-state index >= 15 is 0 Å². The van der Waals surface area contributed by atoms with Gasteiger partial charge in [-0.1, -0.05) is 13.3 Å². The summed E-state index contributed by atoms with van der Waals surface area (Å²) in [5.41, 5.74) is 0. The molecule has 0 saturated heterocycles. The Morgan fingerprint density at radius 3 is 2.53 bits per heavy atom. The lowest BCUT2D eigenvalue weighted by molar-refractivity contribution is -0.149. The van der Waals surface area contributed by atoms with Crippen molar-refractivity contribution in [1.29, 1.82) is 0 Å². The van der Waals surface area contributed by atoms with E-state index in [1.54, 1.807) is 6.92 Å². The average molecular weight is 247 g/mol. The third-order valence-electron chi connectivity index (χ3n) is 2.51. The van der Waals surface area contributed by atoms with Gasteiger partial charge in [0, 0.05) is 13.7 Å². The molecule has 1 N–H and O–H groups in total. The van der Waals surface area contributed by atoms with Crippen molar-refractivity contribution in [3.8, 4) is 0 Å². The van der Waals surface area contributed by atoms with E-state index in [0.717, 1.165) is 12.8 Å². The van der Waals surface area contributed by atoms with Crippen molar-refractivity contribution in [3.63, 3.8) is 0 Å². The SMILES string of the molecule is CCCC(C(=O)OCC)N(C)CC(O)COC. The molecule has 0 bridgehead atoms. The first-order valence-electron chi connectivity index (χ1n) is 6.10. The fourth-order valence-corrected chi connectivity index (χ4v) is 1.73. The molecular formula is C12H25NO4. The van der Waals surface area contributed by atoms with Crippen LogP contribution in [0, 0.1) is 0 Å². The minimum atomic E-state index is -0.584. The van der Waals surface area contributed by atoms with E-state index in [4.69, 9.17) is 9.47 Å². The van der Waals surface area contributed by atoms with E-state index in [1.807, 2.05) is 18.9 Å². The minimum Gasteiger partial charge on any atom is -0.465 e. The van der Waals surface area contributed by atoms with Crippen molar-refractivity contribution in [2.24, 2.45) is 0 Å². The van der Waals surface area contributed by atoms with Crippen molar-refractivity contribution < 1.29 is 19.4 Å². The van der Waals surface area contributed by atoms with Crippen LogP contribution in [0.25, 0.3) is 0 Å². The molecular weight excluding hydrogens is 222 g/mol. The number of aliphatic hydroxyl groups excluding tert-OH is 1. The quantitative estimate of drug-likeness (QED) is 0.606. The van der Waals surface area contributed by atoms with Gasteiger partial charge < -0.3 is 14.6 Å². The highest BCUT2D eigenvalue weighted by Crippen LogP contribution is 2.08. The van der Waals surface area contributed by atoms with Crippen LogP contribution < -0.4 is 0 Å². The summed E-state index contributed by atoms with van der Waals surface area (Å²) >= 11 is 0. The van der Waals surface area contributed by atoms with Crippen LogP contribution in [0.3, 0.4) is 0 Å². The molecule has 0 heterocycles. The Bertz CT molecular complexity index is 211. The van der Waals surface area contributed by atoms with Crippen LogP contribution in [-0.4, -0.2) is 62.0 Å². The summed E-state index contributed by atoms with van der Waals surface area (Å²) in [7, 11) is 3.36. The Labute approximate surface area is 104 Å². The van der Waals surface area contributed by atoms with Gasteiger partial charge in [0.2, 0.25) is 0 Å². The van der Waals surface area contributed by atoms with Crippen LogP contribution in [0.2, 0.25) is 0 Å². The van der Waals surface area contributed by atoms with Gasteiger partial charge >= 0.3 is 5.97 Å². The molecule has 0 spiro atoms. The number of ether oxygens (including phenoxy) is 2. The van der Waals surface area contributed by atoms with Crippen molar-refractivity contribution in [2.75, 3.05) is 33.9 Å². The summed E-state index contributed by atoms with van der Waals surface area (Å²) in [6.07, 6.45) is 1.04. The number of carbonyl (C=O) groups excluding carboxylic acids is 1. The Hall–Kier alpha value is -0.650. The van der Waals surface area contributed by atoms with Gasteiger partial charge in [-0.2, -0.15) is 0 Å². The lowest BCUT2D eigenvalue weighted by Gasteiger charge is -2.27. The van der Waals surface area contributed by atoms with E-state index in [2.05, 4.69) is 0 Å². The smallest absolute Gasteiger partial charge is 0.323 e. The number of aliphatic hydroxyl groups is 1. The molecule has 2 unspecified atom stereocenters. The van der Waals surface area contributed by atoms with Crippen LogP contribution in [-0.2, 0) is 14.3 Å². The number of rotatable bonds is 9. The number of carbonyl (C=O) groups is 1. The van der Waals surface area contributed by atoms with Gasteiger partial charge in [0.15, 0.2) is 0 Å². The third kappa shape index (κ3) is 6.61.